The summed E-state index contributed by atoms with van der Waals surface area (Å²) in [5.74, 6) is 0.430. The molecule has 0 radical (unpaired) electrons. The molecule has 3 rings (SSSR count). The fraction of sp³-hybridized carbons (Fsp3) is 0.706. The molecule has 2 fully saturated rings. The Balaban J connectivity index is 1.81. The van der Waals surface area contributed by atoms with Crippen LogP contribution in [0.1, 0.15) is 57.1 Å². The van der Waals surface area contributed by atoms with Crippen molar-refractivity contribution in [3.05, 3.63) is 22.4 Å². The lowest BCUT2D eigenvalue weighted by Crippen LogP contribution is -2.49. The molecule has 0 aromatic carbocycles. The van der Waals surface area contributed by atoms with E-state index in [4.69, 9.17) is 0 Å². The van der Waals surface area contributed by atoms with Gasteiger partial charge in [0.25, 0.3) is 0 Å². The number of carbonyl (C=O) groups excluding carboxylic acids is 1. The zero-order chi connectivity index (χ0) is 14.7. The van der Waals surface area contributed by atoms with E-state index in [9.17, 15) is 4.79 Å². The average Bonchev–Trinajstić information content (AvgIpc) is 3.18. The smallest absolute Gasteiger partial charge is 0.229 e. The molecule has 3 nitrogen and oxygen atoms in total. The third-order valence-electron chi connectivity index (χ3n) is 5.18. The SMILES string of the molecule is CCCC1(C(=O)N2CCCC2c2ccsc2)CCNCC1. The van der Waals surface area contributed by atoms with Gasteiger partial charge in [-0.2, -0.15) is 11.3 Å². The molecule has 0 aliphatic carbocycles. The summed E-state index contributed by atoms with van der Waals surface area (Å²) in [5.41, 5.74) is 1.24. The van der Waals surface area contributed by atoms with Gasteiger partial charge in [-0.25, -0.2) is 0 Å². The third kappa shape index (κ3) is 2.88. The van der Waals surface area contributed by atoms with Gasteiger partial charge in [-0.3, -0.25) is 4.79 Å². The molecule has 3 heterocycles. The van der Waals surface area contributed by atoms with Gasteiger partial charge in [0.15, 0.2) is 0 Å². The van der Waals surface area contributed by atoms with Crippen LogP contribution in [0.3, 0.4) is 0 Å². The molecule has 2 aliphatic heterocycles. The van der Waals surface area contributed by atoms with Crippen LogP contribution in [-0.2, 0) is 4.79 Å². The minimum Gasteiger partial charge on any atom is -0.335 e. The Bertz CT molecular complexity index is 460. The standard InChI is InChI=1S/C17H26N2OS/c1-2-6-17(7-9-18-10-8-17)16(20)19-11-3-4-15(19)14-5-12-21-13-14/h5,12-13,15,18H,2-4,6-11H2,1H3. The number of likely N-dealkylation sites (tertiary alicyclic amines) is 1. The van der Waals surface area contributed by atoms with E-state index in [0.29, 0.717) is 11.9 Å². The van der Waals surface area contributed by atoms with E-state index in [1.165, 1.54) is 5.56 Å². The molecule has 0 saturated carbocycles. The van der Waals surface area contributed by atoms with Gasteiger partial charge >= 0.3 is 0 Å². The molecule has 1 N–H and O–H groups in total. The fourth-order valence-electron chi connectivity index (χ4n) is 4.08. The summed E-state index contributed by atoms with van der Waals surface area (Å²) in [6.07, 6.45) is 6.43. The van der Waals surface area contributed by atoms with Crippen molar-refractivity contribution in [1.82, 2.24) is 10.2 Å². The molecule has 21 heavy (non-hydrogen) atoms. The van der Waals surface area contributed by atoms with Crippen molar-refractivity contribution in [2.45, 2.75) is 51.5 Å². The normalized spacial score (nSPS) is 25.2. The van der Waals surface area contributed by atoms with Crippen LogP contribution < -0.4 is 5.32 Å². The first-order chi connectivity index (χ1) is 10.3. The predicted octanol–water partition coefficient (Wildman–Crippen LogP) is 3.58. The predicted molar refractivity (Wildman–Crippen MR) is 87.5 cm³/mol. The second-order valence-electron chi connectivity index (χ2n) is 6.49. The van der Waals surface area contributed by atoms with Gasteiger partial charge in [-0.05, 0) is 67.6 Å². The maximum atomic E-state index is 13.3. The van der Waals surface area contributed by atoms with Crippen LogP contribution in [0.25, 0.3) is 0 Å². The number of thiophene rings is 1. The fourth-order valence-corrected chi connectivity index (χ4v) is 4.79. The van der Waals surface area contributed by atoms with Crippen molar-refractivity contribution in [2.24, 2.45) is 5.41 Å². The van der Waals surface area contributed by atoms with Crippen molar-refractivity contribution in [2.75, 3.05) is 19.6 Å². The lowest BCUT2D eigenvalue weighted by atomic mass is 9.74. The number of nitrogens with one attached hydrogen (secondary N) is 1. The lowest BCUT2D eigenvalue weighted by Gasteiger charge is -2.40. The van der Waals surface area contributed by atoms with E-state index in [2.05, 4.69) is 34.0 Å². The number of carbonyl (C=O) groups is 1. The van der Waals surface area contributed by atoms with E-state index in [1.54, 1.807) is 11.3 Å². The van der Waals surface area contributed by atoms with Gasteiger partial charge in [0, 0.05) is 6.54 Å². The molecule has 1 aromatic heterocycles. The number of nitrogens with zero attached hydrogens (tertiary/aromatic N) is 1. The molecule has 0 bridgehead atoms. The Hall–Kier alpha value is -0.870. The molecular formula is C17H26N2OS. The highest BCUT2D eigenvalue weighted by atomic mass is 32.1. The summed E-state index contributed by atoms with van der Waals surface area (Å²) in [4.78, 5) is 15.5. The van der Waals surface area contributed by atoms with Crippen LogP contribution in [-0.4, -0.2) is 30.4 Å². The minimum atomic E-state index is -0.0986. The highest BCUT2D eigenvalue weighted by Crippen LogP contribution is 2.41. The molecule has 1 unspecified atom stereocenters. The second kappa shape index (κ2) is 6.49. The number of hydrogen-bond donors (Lipinski definition) is 1. The zero-order valence-corrected chi connectivity index (χ0v) is 13.8. The summed E-state index contributed by atoms with van der Waals surface area (Å²) in [6, 6.07) is 2.52. The van der Waals surface area contributed by atoms with Crippen molar-refractivity contribution >= 4 is 17.2 Å². The molecule has 2 aliphatic rings. The Kier molecular flexibility index (Phi) is 4.65. The number of rotatable bonds is 4. The Morgan fingerprint density at radius 3 is 2.95 bits per heavy atom. The van der Waals surface area contributed by atoms with Crippen molar-refractivity contribution in [3.63, 3.8) is 0 Å². The zero-order valence-electron chi connectivity index (χ0n) is 12.9. The highest BCUT2D eigenvalue weighted by molar-refractivity contribution is 7.07. The Morgan fingerprint density at radius 2 is 2.29 bits per heavy atom. The number of amides is 1. The molecule has 1 aromatic rings. The minimum absolute atomic E-state index is 0.0986. The Morgan fingerprint density at radius 1 is 1.48 bits per heavy atom. The van der Waals surface area contributed by atoms with Gasteiger partial charge < -0.3 is 10.2 Å². The first-order valence-electron chi connectivity index (χ1n) is 8.31. The number of hydrogen-bond acceptors (Lipinski definition) is 3. The van der Waals surface area contributed by atoms with E-state index in [0.717, 1.165) is 58.2 Å². The number of piperidine rings is 1. The summed E-state index contributed by atoms with van der Waals surface area (Å²) in [6.45, 7) is 5.13. The van der Waals surface area contributed by atoms with E-state index in [-0.39, 0.29) is 5.41 Å². The molecule has 1 amide bonds. The van der Waals surface area contributed by atoms with Crippen LogP contribution >= 0.6 is 11.3 Å². The van der Waals surface area contributed by atoms with Gasteiger partial charge in [0.05, 0.1) is 11.5 Å². The highest BCUT2D eigenvalue weighted by Gasteiger charge is 2.44. The van der Waals surface area contributed by atoms with Gasteiger partial charge in [0.1, 0.15) is 0 Å². The molecule has 4 heteroatoms. The van der Waals surface area contributed by atoms with Crippen molar-refractivity contribution in [1.29, 1.82) is 0 Å². The molecular weight excluding hydrogens is 280 g/mol. The second-order valence-corrected chi connectivity index (χ2v) is 7.27. The summed E-state index contributed by atoms with van der Waals surface area (Å²) < 4.78 is 0. The first-order valence-corrected chi connectivity index (χ1v) is 9.25. The van der Waals surface area contributed by atoms with Crippen LogP contribution in [0.2, 0.25) is 0 Å². The van der Waals surface area contributed by atoms with Crippen LogP contribution in [0.4, 0.5) is 0 Å². The lowest BCUT2D eigenvalue weighted by molar-refractivity contribution is -0.145. The molecule has 116 valence electrons. The summed E-state index contributed by atoms with van der Waals surface area (Å²) in [5, 5.41) is 7.75. The monoisotopic (exact) mass is 306 g/mol. The van der Waals surface area contributed by atoms with E-state index in [1.807, 2.05) is 0 Å². The summed E-state index contributed by atoms with van der Waals surface area (Å²) in [7, 11) is 0. The van der Waals surface area contributed by atoms with Crippen molar-refractivity contribution < 1.29 is 4.79 Å². The van der Waals surface area contributed by atoms with E-state index < -0.39 is 0 Å². The van der Waals surface area contributed by atoms with Crippen LogP contribution in [0.5, 0.6) is 0 Å². The topological polar surface area (TPSA) is 32.3 Å². The largest absolute Gasteiger partial charge is 0.335 e. The maximum Gasteiger partial charge on any atom is 0.229 e. The quantitative estimate of drug-likeness (QED) is 0.922. The van der Waals surface area contributed by atoms with Crippen LogP contribution in [0.15, 0.2) is 16.8 Å². The Labute approximate surface area is 131 Å². The first kappa shape index (κ1) is 15.0. The molecule has 2 saturated heterocycles. The van der Waals surface area contributed by atoms with Gasteiger partial charge in [-0.1, -0.05) is 13.3 Å². The van der Waals surface area contributed by atoms with Gasteiger partial charge in [0.2, 0.25) is 5.91 Å². The molecule has 1 atom stereocenters. The van der Waals surface area contributed by atoms with Crippen molar-refractivity contribution in [3.8, 4) is 0 Å². The maximum absolute atomic E-state index is 13.3. The average molecular weight is 306 g/mol. The van der Waals surface area contributed by atoms with Crippen LogP contribution in [0, 0.1) is 5.41 Å². The third-order valence-corrected chi connectivity index (χ3v) is 5.89. The van der Waals surface area contributed by atoms with Gasteiger partial charge in [-0.15, -0.1) is 0 Å². The van der Waals surface area contributed by atoms with E-state index >= 15 is 0 Å². The summed E-state index contributed by atoms with van der Waals surface area (Å²) >= 11 is 1.74. The molecule has 0 spiro atoms.